The summed E-state index contributed by atoms with van der Waals surface area (Å²) >= 11 is 0. The number of hydrogen-bond acceptors (Lipinski definition) is 3. The van der Waals surface area contributed by atoms with Crippen molar-refractivity contribution in [2.45, 2.75) is 27.2 Å². The minimum atomic E-state index is 0. The maximum Gasteiger partial charge on any atom is 0.191 e. The number of ether oxygens (including phenoxy) is 1. The van der Waals surface area contributed by atoms with Crippen LogP contribution in [0.4, 0.5) is 0 Å². The van der Waals surface area contributed by atoms with Crippen LogP contribution >= 0.6 is 24.0 Å². The largest absolute Gasteiger partial charge is 0.492 e. The summed E-state index contributed by atoms with van der Waals surface area (Å²) in [5.74, 6) is 2.49. The Morgan fingerprint density at radius 2 is 2.00 bits per heavy atom. The summed E-state index contributed by atoms with van der Waals surface area (Å²) in [5, 5.41) is 6.66. The number of aryl methyl sites for hydroxylation is 1. The van der Waals surface area contributed by atoms with Crippen molar-refractivity contribution in [2.75, 3.05) is 45.9 Å². The first-order valence-corrected chi connectivity index (χ1v) is 9.15. The van der Waals surface area contributed by atoms with Crippen molar-refractivity contribution < 1.29 is 4.74 Å². The van der Waals surface area contributed by atoms with E-state index in [0.717, 1.165) is 37.9 Å². The first kappa shape index (κ1) is 22.0. The molecule has 0 aliphatic carbocycles. The molecular formula is C19H33IN4O. The zero-order valence-electron chi connectivity index (χ0n) is 15.8. The zero-order valence-corrected chi connectivity index (χ0v) is 18.1. The number of benzene rings is 1. The molecule has 1 saturated heterocycles. The number of guanidine groups is 1. The monoisotopic (exact) mass is 460 g/mol. The number of nitrogens with zero attached hydrogens (tertiary/aromatic N) is 2. The lowest BCUT2D eigenvalue weighted by molar-refractivity contribution is 0.321. The Morgan fingerprint density at radius 1 is 1.24 bits per heavy atom. The van der Waals surface area contributed by atoms with Crippen LogP contribution in [0.15, 0.2) is 29.3 Å². The fourth-order valence-corrected chi connectivity index (χ4v) is 2.88. The molecule has 142 valence electrons. The van der Waals surface area contributed by atoms with Crippen LogP contribution in [-0.2, 0) is 0 Å². The van der Waals surface area contributed by atoms with Gasteiger partial charge in [0.25, 0.3) is 0 Å². The molecule has 1 fully saturated rings. The highest BCUT2D eigenvalue weighted by atomic mass is 127. The van der Waals surface area contributed by atoms with E-state index < -0.39 is 0 Å². The van der Waals surface area contributed by atoms with E-state index in [4.69, 9.17) is 9.73 Å². The van der Waals surface area contributed by atoms with Crippen LogP contribution in [0.25, 0.3) is 0 Å². The summed E-state index contributed by atoms with van der Waals surface area (Å²) in [6, 6.07) is 8.15. The smallest absolute Gasteiger partial charge is 0.191 e. The SMILES string of the molecule is CCNC(=NCC1CCN(CC)C1)NCCOc1ccc(C)cc1.I. The standard InChI is InChI=1S/C19H32N4O.HI/c1-4-20-19(22-14-17-10-12-23(5-2)15-17)21-11-13-24-18-8-6-16(3)7-9-18;/h6-9,17H,4-5,10-15H2,1-3H3,(H2,20,21,22);1H. The van der Waals surface area contributed by atoms with Crippen molar-refractivity contribution in [3.63, 3.8) is 0 Å². The Balaban J connectivity index is 0.00000312. The van der Waals surface area contributed by atoms with Gasteiger partial charge in [0.2, 0.25) is 0 Å². The van der Waals surface area contributed by atoms with Gasteiger partial charge in [-0.15, -0.1) is 24.0 Å². The summed E-state index contributed by atoms with van der Waals surface area (Å²) < 4.78 is 5.74. The van der Waals surface area contributed by atoms with Crippen LogP contribution in [0.2, 0.25) is 0 Å². The van der Waals surface area contributed by atoms with Crippen LogP contribution < -0.4 is 15.4 Å². The number of rotatable bonds is 8. The molecule has 6 heteroatoms. The van der Waals surface area contributed by atoms with E-state index in [2.05, 4.69) is 48.4 Å². The van der Waals surface area contributed by atoms with Crippen LogP contribution in [0.1, 0.15) is 25.8 Å². The topological polar surface area (TPSA) is 48.9 Å². The highest BCUT2D eigenvalue weighted by Gasteiger charge is 2.20. The van der Waals surface area contributed by atoms with Crippen molar-refractivity contribution in [3.05, 3.63) is 29.8 Å². The van der Waals surface area contributed by atoms with Gasteiger partial charge in [-0.3, -0.25) is 4.99 Å². The van der Waals surface area contributed by atoms with Crippen molar-refractivity contribution in [1.82, 2.24) is 15.5 Å². The van der Waals surface area contributed by atoms with Crippen LogP contribution in [0.5, 0.6) is 5.75 Å². The Morgan fingerprint density at radius 3 is 2.64 bits per heavy atom. The highest BCUT2D eigenvalue weighted by molar-refractivity contribution is 14.0. The lowest BCUT2D eigenvalue weighted by Gasteiger charge is -2.14. The molecule has 2 N–H and O–H groups in total. The molecule has 1 aromatic carbocycles. The molecule has 0 aromatic heterocycles. The lowest BCUT2D eigenvalue weighted by atomic mass is 10.1. The third-order valence-electron chi connectivity index (χ3n) is 4.35. The molecule has 1 heterocycles. The molecule has 1 aliphatic rings. The van der Waals surface area contributed by atoms with Gasteiger partial charge in [-0.1, -0.05) is 24.6 Å². The molecule has 5 nitrogen and oxygen atoms in total. The maximum absolute atomic E-state index is 5.74. The summed E-state index contributed by atoms with van der Waals surface area (Å²) in [6.45, 7) is 13.1. The van der Waals surface area contributed by atoms with Gasteiger partial charge < -0.3 is 20.3 Å². The molecule has 25 heavy (non-hydrogen) atoms. The van der Waals surface area contributed by atoms with E-state index in [-0.39, 0.29) is 24.0 Å². The van der Waals surface area contributed by atoms with E-state index in [1.165, 1.54) is 25.1 Å². The van der Waals surface area contributed by atoms with Crippen LogP contribution in [-0.4, -0.2) is 56.7 Å². The Kier molecular flexibility index (Phi) is 10.9. The maximum atomic E-state index is 5.74. The van der Waals surface area contributed by atoms with Gasteiger partial charge in [0.05, 0.1) is 6.54 Å². The van der Waals surface area contributed by atoms with E-state index >= 15 is 0 Å². The Bertz CT molecular complexity index is 507. The summed E-state index contributed by atoms with van der Waals surface area (Å²) in [4.78, 5) is 7.23. The van der Waals surface area contributed by atoms with Gasteiger partial charge in [-0.05, 0) is 51.4 Å². The number of aliphatic imine (C=N–C) groups is 1. The van der Waals surface area contributed by atoms with E-state index in [1.807, 2.05) is 12.1 Å². The van der Waals surface area contributed by atoms with Gasteiger partial charge >= 0.3 is 0 Å². The first-order valence-electron chi connectivity index (χ1n) is 9.15. The van der Waals surface area contributed by atoms with Crippen LogP contribution in [0, 0.1) is 12.8 Å². The summed E-state index contributed by atoms with van der Waals surface area (Å²) in [7, 11) is 0. The summed E-state index contributed by atoms with van der Waals surface area (Å²) in [5.41, 5.74) is 1.25. The van der Waals surface area contributed by atoms with Gasteiger partial charge in [-0.25, -0.2) is 0 Å². The second-order valence-corrected chi connectivity index (χ2v) is 6.36. The molecule has 0 bridgehead atoms. The summed E-state index contributed by atoms with van der Waals surface area (Å²) in [6.07, 6.45) is 1.26. The fourth-order valence-electron chi connectivity index (χ4n) is 2.88. The van der Waals surface area contributed by atoms with E-state index in [1.54, 1.807) is 0 Å². The lowest BCUT2D eigenvalue weighted by Crippen LogP contribution is -2.39. The molecule has 1 aromatic rings. The van der Waals surface area contributed by atoms with Crippen molar-refractivity contribution >= 4 is 29.9 Å². The van der Waals surface area contributed by atoms with Crippen molar-refractivity contribution in [1.29, 1.82) is 0 Å². The molecule has 2 rings (SSSR count). The number of nitrogens with one attached hydrogen (secondary N) is 2. The predicted molar refractivity (Wildman–Crippen MR) is 116 cm³/mol. The predicted octanol–water partition coefficient (Wildman–Crippen LogP) is 2.89. The molecule has 1 aliphatic heterocycles. The molecular weight excluding hydrogens is 427 g/mol. The molecule has 0 spiro atoms. The Hall–Kier alpha value is -1.02. The third-order valence-corrected chi connectivity index (χ3v) is 4.35. The Labute approximate surface area is 169 Å². The van der Waals surface area contributed by atoms with Gasteiger partial charge in [0, 0.05) is 19.6 Å². The minimum absolute atomic E-state index is 0. The molecule has 1 atom stereocenters. The highest BCUT2D eigenvalue weighted by Crippen LogP contribution is 2.15. The quantitative estimate of drug-likeness (QED) is 0.271. The average molecular weight is 460 g/mol. The normalized spacial score (nSPS) is 17.9. The minimum Gasteiger partial charge on any atom is -0.492 e. The number of likely N-dealkylation sites (tertiary alicyclic amines) is 1. The third kappa shape index (κ3) is 8.27. The van der Waals surface area contributed by atoms with Crippen LogP contribution in [0.3, 0.4) is 0 Å². The number of halogens is 1. The molecule has 0 saturated carbocycles. The molecule has 0 radical (unpaired) electrons. The van der Waals surface area contributed by atoms with Crippen molar-refractivity contribution in [3.8, 4) is 5.75 Å². The molecule has 0 amide bonds. The van der Waals surface area contributed by atoms with E-state index in [0.29, 0.717) is 12.5 Å². The van der Waals surface area contributed by atoms with E-state index in [9.17, 15) is 0 Å². The average Bonchev–Trinajstić information content (AvgIpc) is 3.06. The number of hydrogen-bond donors (Lipinski definition) is 2. The van der Waals surface area contributed by atoms with Gasteiger partial charge in [0.1, 0.15) is 12.4 Å². The van der Waals surface area contributed by atoms with Crippen molar-refractivity contribution in [2.24, 2.45) is 10.9 Å². The zero-order chi connectivity index (χ0) is 17.2. The fraction of sp³-hybridized carbons (Fsp3) is 0.632. The van der Waals surface area contributed by atoms with Gasteiger partial charge in [-0.2, -0.15) is 0 Å². The second-order valence-electron chi connectivity index (χ2n) is 6.36. The van der Waals surface area contributed by atoms with Gasteiger partial charge in [0.15, 0.2) is 5.96 Å². The molecule has 1 unspecified atom stereocenters. The second kappa shape index (κ2) is 12.4. The first-order chi connectivity index (χ1) is 11.7.